The van der Waals surface area contributed by atoms with E-state index in [0.717, 1.165) is 0 Å². The Balaban J connectivity index is 2.65. The topological polar surface area (TPSA) is 113 Å². The molecule has 2 unspecified atom stereocenters. The van der Waals surface area contributed by atoms with Crippen LogP contribution in [0.3, 0.4) is 0 Å². The fourth-order valence-electron chi connectivity index (χ4n) is 1.57. The van der Waals surface area contributed by atoms with E-state index >= 15 is 0 Å². The van der Waals surface area contributed by atoms with Crippen LogP contribution in [-0.4, -0.2) is 53.0 Å². The van der Waals surface area contributed by atoms with Gasteiger partial charge in [0.2, 0.25) is 11.8 Å². The van der Waals surface area contributed by atoms with Gasteiger partial charge in [-0.2, -0.15) is 0 Å². The zero-order valence-corrected chi connectivity index (χ0v) is 8.97. The molecule has 1 rings (SSSR count). The maximum atomic E-state index is 11.7. The molecule has 2 atom stereocenters. The molecule has 1 aliphatic rings. The minimum atomic E-state index is -1.13. The minimum absolute atomic E-state index is 0.248. The van der Waals surface area contributed by atoms with E-state index in [1.54, 1.807) is 6.92 Å². The number of piperazine rings is 1. The Kier molecular flexibility index (Phi) is 3.83. The van der Waals surface area contributed by atoms with E-state index < -0.39 is 30.4 Å². The average molecular weight is 229 g/mol. The number of aliphatic carboxylic acids is 1. The molecule has 7 heteroatoms. The van der Waals surface area contributed by atoms with Crippen LogP contribution in [0.1, 0.15) is 13.3 Å². The number of hydrogen-bond acceptors (Lipinski definition) is 4. The van der Waals surface area contributed by atoms with Gasteiger partial charge >= 0.3 is 5.97 Å². The van der Waals surface area contributed by atoms with Gasteiger partial charge in [-0.25, -0.2) is 0 Å². The highest BCUT2D eigenvalue weighted by Gasteiger charge is 2.32. The first kappa shape index (κ1) is 12.4. The molecule has 0 saturated carbocycles. The Bertz CT molecular complexity index is 318. The first-order valence-electron chi connectivity index (χ1n) is 4.99. The SMILES string of the molecule is CC1C(=O)NCCN1C(=O)C(N)CC(=O)O. The van der Waals surface area contributed by atoms with Crippen LogP contribution < -0.4 is 11.1 Å². The van der Waals surface area contributed by atoms with Crippen LogP contribution in [0, 0.1) is 0 Å². The van der Waals surface area contributed by atoms with Crippen LogP contribution in [0.4, 0.5) is 0 Å². The van der Waals surface area contributed by atoms with Crippen molar-refractivity contribution in [3.63, 3.8) is 0 Å². The highest BCUT2D eigenvalue weighted by Crippen LogP contribution is 2.07. The molecule has 0 radical (unpaired) electrons. The monoisotopic (exact) mass is 229 g/mol. The molecule has 16 heavy (non-hydrogen) atoms. The molecule has 0 spiro atoms. The largest absolute Gasteiger partial charge is 0.481 e. The zero-order valence-electron chi connectivity index (χ0n) is 8.97. The molecular formula is C9H15N3O4. The molecule has 0 aromatic carbocycles. The third-order valence-electron chi connectivity index (χ3n) is 2.49. The van der Waals surface area contributed by atoms with Crippen molar-refractivity contribution in [2.45, 2.75) is 25.4 Å². The maximum Gasteiger partial charge on any atom is 0.305 e. The second kappa shape index (κ2) is 4.93. The second-order valence-electron chi connectivity index (χ2n) is 3.70. The number of carboxylic acids is 1. The Labute approximate surface area is 92.6 Å². The number of rotatable bonds is 3. The van der Waals surface area contributed by atoms with E-state index in [4.69, 9.17) is 10.8 Å². The molecule has 7 nitrogen and oxygen atoms in total. The smallest absolute Gasteiger partial charge is 0.305 e. The number of carbonyl (C=O) groups is 3. The van der Waals surface area contributed by atoms with E-state index in [0.29, 0.717) is 13.1 Å². The van der Waals surface area contributed by atoms with Crippen molar-refractivity contribution in [1.29, 1.82) is 0 Å². The Morgan fingerprint density at radius 1 is 1.69 bits per heavy atom. The molecule has 1 heterocycles. The van der Waals surface area contributed by atoms with Gasteiger partial charge in [0.25, 0.3) is 0 Å². The quantitative estimate of drug-likeness (QED) is 0.525. The number of hydrogen-bond donors (Lipinski definition) is 3. The van der Waals surface area contributed by atoms with Crippen molar-refractivity contribution in [3.05, 3.63) is 0 Å². The molecule has 1 fully saturated rings. The summed E-state index contributed by atoms with van der Waals surface area (Å²) < 4.78 is 0. The third kappa shape index (κ3) is 2.69. The zero-order chi connectivity index (χ0) is 12.3. The molecule has 1 saturated heterocycles. The van der Waals surface area contributed by atoms with Gasteiger partial charge in [-0.15, -0.1) is 0 Å². The van der Waals surface area contributed by atoms with Crippen LogP contribution in [0.15, 0.2) is 0 Å². The number of nitrogens with one attached hydrogen (secondary N) is 1. The van der Waals surface area contributed by atoms with Crippen molar-refractivity contribution in [2.75, 3.05) is 13.1 Å². The first-order chi connectivity index (χ1) is 7.43. The number of carbonyl (C=O) groups excluding carboxylic acids is 2. The van der Waals surface area contributed by atoms with E-state index in [1.807, 2.05) is 0 Å². The highest BCUT2D eigenvalue weighted by atomic mass is 16.4. The molecule has 4 N–H and O–H groups in total. The molecular weight excluding hydrogens is 214 g/mol. The molecule has 0 aromatic rings. The second-order valence-corrected chi connectivity index (χ2v) is 3.70. The summed E-state index contributed by atoms with van der Waals surface area (Å²) in [6.07, 6.45) is -0.427. The van der Waals surface area contributed by atoms with Gasteiger partial charge in [0.05, 0.1) is 12.5 Å². The fraction of sp³-hybridized carbons (Fsp3) is 0.667. The maximum absolute atomic E-state index is 11.7. The minimum Gasteiger partial charge on any atom is -0.481 e. The van der Waals surface area contributed by atoms with Gasteiger partial charge in [0.1, 0.15) is 6.04 Å². The van der Waals surface area contributed by atoms with E-state index in [-0.39, 0.29) is 5.91 Å². The fourth-order valence-corrected chi connectivity index (χ4v) is 1.57. The summed E-state index contributed by atoms with van der Waals surface area (Å²) in [4.78, 5) is 34.8. The van der Waals surface area contributed by atoms with E-state index in [2.05, 4.69) is 5.32 Å². The third-order valence-corrected chi connectivity index (χ3v) is 2.49. The summed E-state index contributed by atoms with van der Waals surface area (Å²) in [5, 5.41) is 11.1. The summed E-state index contributed by atoms with van der Waals surface area (Å²) in [5.74, 6) is -1.87. The van der Waals surface area contributed by atoms with Gasteiger partial charge in [-0.3, -0.25) is 14.4 Å². The number of nitrogens with two attached hydrogens (primary N) is 1. The van der Waals surface area contributed by atoms with E-state index in [1.165, 1.54) is 4.90 Å². The predicted molar refractivity (Wildman–Crippen MR) is 54.4 cm³/mol. The van der Waals surface area contributed by atoms with Crippen LogP contribution >= 0.6 is 0 Å². The predicted octanol–water partition coefficient (Wildman–Crippen LogP) is -1.86. The van der Waals surface area contributed by atoms with Crippen molar-refractivity contribution >= 4 is 17.8 Å². The molecule has 90 valence electrons. The normalized spacial score (nSPS) is 22.5. The summed E-state index contributed by atoms with van der Waals surface area (Å²) in [6, 6.07) is -1.69. The molecule has 0 bridgehead atoms. The van der Waals surface area contributed by atoms with Crippen molar-refractivity contribution < 1.29 is 19.5 Å². The lowest BCUT2D eigenvalue weighted by molar-refractivity contribution is -0.146. The van der Waals surface area contributed by atoms with Gasteiger partial charge in [0, 0.05) is 13.1 Å². The van der Waals surface area contributed by atoms with Gasteiger partial charge in [-0.05, 0) is 6.92 Å². The highest BCUT2D eigenvalue weighted by molar-refractivity contribution is 5.92. The number of carboxylic acid groups (broad SMARTS) is 1. The Morgan fingerprint density at radius 2 is 2.31 bits per heavy atom. The van der Waals surface area contributed by atoms with Crippen molar-refractivity contribution in [2.24, 2.45) is 5.73 Å². The van der Waals surface area contributed by atoms with Crippen LogP contribution in [0.25, 0.3) is 0 Å². The summed E-state index contributed by atoms with van der Waals surface area (Å²) in [6.45, 7) is 2.31. The molecule has 1 aliphatic heterocycles. The van der Waals surface area contributed by atoms with Crippen LogP contribution in [-0.2, 0) is 14.4 Å². The van der Waals surface area contributed by atoms with Crippen LogP contribution in [0.5, 0.6) is 0 Å². The summed E-state index contributed by atoms with van der Waals surface area (Å²) in [7, 11) is 0. The Morgan fingerprint density at radius 3 is 2.88 bits per heavy atom. The molecule has 0 aromatic heterocycles. The average Bonchev–Trinajstić information content (AvgIpc) is 2.20. The van der Waals surface area contributed by atoms with Crippen molar-refractivity contribution in [1.82, 2.24) is 10.2 Å². The van der Waals surface area contributed by atoms with Crippen molar-refractivity contribution in [3.8, 4) is 0 Å². The summed E-state index contributed by atoms with van der Waals surface area (Å²) in [5.41, 5.74) is 5.45. The first-order valence-corrected chi connectivity index (χ1v) is 4.99. The number of nitrogens with zero attached hydrogens (tertiary/aromatic N) is 1. The molecule has 0 aliphatic carbocycles. The van der Waals surface area contributed by atoms with E-state index in [9.17, 15) is 14.4 Å². The summed E-state index contributed by atoms with van der Waals surface area (Å²) >= 11 is 0. The standard InChI is InChI=1S/C9H15N3O4/c1-5-8(15)11-2-3-12(5)9(16)6(10)4-7(13)14/h5-6H,2-4,10H2,1H3,(H,11,15)(H,13,14). The van der Waals surface area contributed by atoms with Gasteiger partial charge in [0.15, 0.2) is 0 Å². The lowest BCUT2D eigenvalue weighted by atomic mass is 10.1. The lowest BCUT2D eigenvalue weighted by Gasteiger charge is -2.34. The van der Waals surface area contributed by atoms with Crippen LogP contribution in [0.2, 0.25) is 0 Å². The lowest BCUT2D eigenvalue weighted by Crippen LogP contribution is -2.59. The molecule has 2 amide bonds. The van der Waals surface area contributed by atoms with Gasteiger partial charge < -0.3 is 21.1 Å². The number of amides is 2. The van der Waals surface area contributed by atoms with Gasteiger partial charge in [-0.1, -0.05) is 0 Å². The Hall–Kier alpha value is -1.63.